The maximum atomic E-state index is 14.3. The Kier molecular flexibility index (Phi) is 7.11. The normalized spacial score (nSPS) is 10.9. The molecule has 0 unspecified atom stereocenters. The lowest BCUT2D eigenvalue weighted by molar-refractivity contribution is 0.0590. The summed E-state index contributed by atoms with van der Waals surface area (Å²) >= 11 is 7.33. The van der Waals surface area contributed by atoms with Gasteiger partial charge in [-0.15, -0.1) is 11.8 Å². The molecule has 4 rings (SSSR count). The van der Waals surface area contributed by atoms with Gasteiger partial charge in [0.2, 0.25) is 0 Å². The Balaban J connectivity index is 1.79. The highest BCUT2D eigenvalue weighted by Gasteiger charge is 2.24. The molecule has 0 spiro atoms. The van der Waals surface area contributed by atoms with Gasteiger partial charge in [0.05, 0.1) is 17.6 Å². The first-order chi connectivity index (χ1) is 16.0. The number of halogens is 3. The monoisotopic (exact) mass is 485 g/mol. The summed E-state index contributed by atoms with van der Waals surface area (Å²) < 4.78 is 39.4. The van der Waals surface area contributed by atoms with Gasteiger partial charge in [-0.3, -0.25) is 0 Å². The number of pyridine rings is 1. The van der Waals surface area contributed by atoms with Gasteiger partial charge in [-0.05, 0) is 35.9 Å². The molecule has 1 heterocycles. The molecule has 0 aliphatic heterocycles. The molecule has 0 radical (unpaired) electrons. The van der Waals surface area contributed by atoms with Gasteiger partial charge < -0.3 is 9.47 Å². The molecule has 0 aliphatic carbocycles. The van der Waals surface area contributed by atoms with Crippen LogP contribution in [-0.2, 0) is 17.1 Å². The van der Waals surface area contributed by atoms with Crippen LogP contribution in [0.5, 0.6) is 5.75 Å². The number of nitrogens with zero attached hydrogens (tertiary/aromatic N) is 1. The van der Waals surface area contributed by atoms with Crippen LogP contribution in [0.1, 0.15) is 21.5 Å². The van der Waals surface area contributed by atoms with Crippen molar-refractivity contribution in [2.45, 2.75) is 17.4 Å². The van der Waals surface area contributed by atoms with Crippen molar-refractivity contribution >= 4 is 40.2 Å². The second-order valence-electron chi connectivity index (χ2n) is 7.00. The number of carbonyl (C=O) groups excluding carboxylic acids is 1. The Morgan fingerprint density at radius 2 is 1.73 bits per heavy atom. The molecular weight excluding hydrogens is 468 g/mol. The van der Waals surface area contributed by atoms with E-state index in [2.05, 4.69) is 4.98 Å². The van der Waals surface area contributed by atoms with E-state index in [0.717, 1.165) is 0 Å². The summed E-state index contributed by atoms with van der Waals surface area (Å²) in [6.07, 6.45) is 0. The molecule has 0 saturated heterocycles. The molecule has 3 aromatic carbocycles. The van der Waals surface area contributed by atoms with E-state index < -0.39 is 11.8 Å². The Labute approximate surface area is 198 Å². The number of ether oxygens (including phenoxy) is 2. The number of aromatic nitrogens is 1. The predicted molar refractivity (Wildman–Crippen MR) is 125 cm³/mol. The zero-order chi connectivity index (χ0) is 23.4. The van der Waals surface area contributed by atoms with Crippen LogP contribution in [0, 0.1) is 11.6 Å². The SMILES string of the molecule is COC(=O)c1c(SCc2ccccc2F)nc2ccccc2c1OCc1c(F)cccc1Cl. The zero-order valence-corrected chi connectivity index (χ0v) is 19.1. The second-order valence-corrected chi connectivity index (χ2v) is 8.37. The van der Waals surface area contributed by atoms with Crippen LogP contribution in [0.25, 0.3) is 10.9 Å². The highest BCUT2D eigenvalue weighted by Crippen LogP contribution is 2.38. The summed E-state index contributed by atoms with van der Waals surface area (Å²) in [7, 11) is 1.25. The summed E-state index contributed by atoms with van der Waals surface area (Å²) in [5.41, 5.74) is 1.28. The van der Waals surface area contributed by atoms with Crippen molar-refractivity contribution in [2.75, 3.05) is 7.11 Å². The van der Waals surface area contributed by atoms with E-state index in [1.807, 2.05) is 0 Å². The Morgan fingerprint density at radius 1 is 1.00 bits per heavy atom. The number of hydrogen-bond donors (Lipinski definition) is 0. The van der Waals surface area contributed by atoms with E-state index in [1.165, 1.54) is 37.1 Å². The lowest BCUT2D eigenvalue weighted by Gasteiger charge is -2.17. The van der Waals surface area contributed by atoms with Gasteiger partial charge in [0.1, 0.15) is 34.6 Å². The molecule has 168 valence electrons. The van der Waals surface area contributed by atoms with Crippen molar-refractivity contribution in [1.29, 1.82) is 0 Å². The molecule has 33 heavy (non-hydrogen) atoms. The predicted octanol–water partition coefficient (Wildman–Crippen LogP) is 6.82. The average Bonchev–Trinajstić information content (AvgIpc) is 2.82. The standard InChI is InChI=1S/C25H18ClF2NO3S/c1-31-25(30)22-23(32-13-17-18(26)9-6-11-20(17)28)16-8-3-5-12-21(16)29-24(22)33-14-15-7-2-4-10-19(15)27/h2-12H,13-14H2,1H3. The highest BCUT2D eigenvalue weighted by atomic mass is 35.5. The van der Waals surface area contributed by atoms with Gasteiger partial charge in [0.15, 0.2) is 0 Å². The molecule has 0 atom stereocenters. The van der Waals surface area contributed by atoms with Crippen molar-refractivity contribution in [2.24, 2.45) is 0 Å². The smallest absolute Gasteiger partial charge is 0.344 e. The fraction of sp³-hybridized carbons (Fsp3) is 0.120. The number of para-hydroxylation sites is 1. The van der Waals surface area contributed by atoms with Crippen LogP contribution in [0.2, 0.25) is 5.02 Å². The minimum atomic E-state index is -0.668. The molecule has 0 saturated carbocycles. The summed E-state index contributed by atoms with van der Waals surface area (Å²) in [6, 6.07) is 17.8. The molecule has 0 amide bonds. The zero-order valence-electron chi connectivity index (χ0n) is 17.5. The largest absolute Gasteiger partial charge is 0.487 e. The minimum absolute atomic E-state index is 0.0880. The number of fused-ring (bicyclic) bond motifs is 1. The number of carbonyl (C=O) groups is 1. The average molecular weight is 486 g/mol. The molecule has 1 aromatic heterocycles. The molecular formula is C25H18ClF2NO3S. The number of benzene rings is 3. The molecule has 0 aliphatic rings. The van der Waals surface area contributed by atoms with Crippen molar-refractivity contribution in [3.8, 4) is 5.75 Å². The first kappa shape index (κ1) is 23.0. The van der Waals surface area contributed by atoms with Gasteiger partial charge in [0, 0.05) is 16.7 Å². The van der Waals surface area contributed by atoms with Crippen molar-refractivity contribution in [3.63, 3.8) is 0 Å². The van der Waals surface area contributed by atoms with E-state index in [4.69, 9.17) is 21.1 Å². The second kappa shape index (κ2) is 10.2. The molecule has 0 fully saturated rings. The molecule has 0 bridgehead atoms. The number of thioether (sulfide) groups is 1. The van der Waals surface area contributed by atoms with E-state index in [-0.39, 0.29) is 40.1 Å². The first-order valence-corrected chi connectivity index (χ1v) is 11.3. The van der Waals surface area contributed by atoms with Crippen molar-refractivity contribution in [3.05, 3.63) is 100 Å². The summed E-state index contributed by atoms with van der Waals surface area (Å²) in [6.45, 7) is -0.207. The third-order valence-corrected chi connectivity index (χ3v) is 6.32. The van der Waals surface area contributed by atoms with E-state index in [1.54, 1.807) is 48.5 Å². The fourth-order valence-corrected chi connectivity index (χ4v) is 4.50. The molecule has 8 heteroatoms. The maximum Gasteiger partial charge on any atom is 0.344 e. The van der Waals surface area contributed by atoms with Crippen LogP contribution in [0.15, 0.2) is 71.8 Å². The van der Waals surface area contributed by atoms with Crippen LogP contribution in [0.4, 0.5) is 8.78 Å². The first-order valence-electron chi connectivity index (χ1n) is 9.92. The van der Waals surface area contributed by atoms with E-state index >= 15 is 0 Å². The lowest BCUT2D eigenvalue weighted by Crippen LogP contribution is -2.10. The molecule has 0 N–H and O–H groups in total. The number of hydrogen-bond acceptors (Lipinski definition) is 5. The minimum Gasteiger partial charge on any atom is -0.487 e. The van der Waals surface area contributed by atoms with Gasteiger partial charge in [-0.2, -0.15) is 0 Å². The Hall–Kier alpha value is -3.16. The Morgan fingerprint density at radius 3 is 2.48 bits per heavy atom. The lowest BCUT2D eigenvalue weighted by atomic mass is 10.1. The third kappa shape index (κ3) is 4.94. The highest BCUT2D eigenvalue weighted by molar-refractivity contribution is 7.98. The third-order valence-electron chi connectivity index (χ3n) is 4.95. The van der Waals surface area contributed by atoms with E-state index in [9.17, 15) is 13.6 Å². The van der Waals surface area contributed by atoms with Crippen LogP contribution < -0.4 is 4.74 Å². The summed E-state index contributed by atoms with van der Waals surface area (Å²) in [4.78, 5) is 17.4. The Bertz CT molecular complexity index is 1310. The van der Waals surface area contributed by atoms with Crippen LogP contribution in [-0.4, -0.2) is 18.1 Å². The quantitative estimate of drug-likeness (QED) is 0.212. The van der Waals surface area contributed by atoms with E-state index in [0.29, 0.717) is 21.5 Å². The number of methoxy groups -OCH3 is 1. The molecule has 4 aromatic rings. The number of esters is 1. The fourth-order valence-electron chi connectivity index (χ4n) is 3.27. The van der Waals surface area contributed by atoms with Gasteiger partial charge in [0.25, 0.3) is 0 Å². The topological polar surface area (TPSA) is 48.4 Å². The number of rotatable bonds is 7. The van der Waals surface area contributed by atoms with Crippen LogP contribution in [0.3, 0.4) is 0 Å². The van der Waals surface area contributed by atoms with Gasteiger partial charge in [-0.1, -0.05) is 48.0 Å². The van der Waals surface area contributed by atoms with Crippen molar-refractivity contribution < 1.29 is 23.0 Å². The maximum absolute atomic E-state index is 14.3. The summed E-state index contributed by atoms with van der Waals surface area (Å²) in [5, 5.41) is 1.08. The van der Waals surface area contributed by atoms with Crippen LogP contribution >= 0.6 is 23.4 Å². The van der Waals surface area contributed by atoms with Crippen molar-refractivity contribution in [1.82, 2.24) is 4.98 Å². The molecule has 4 nitrogen and oxygen atoms in total. The summed E-state index contributed by atoms with van der Waals surface area (Å²) in [5.74, 6) is -1.10. The van der Waals surface area contributed by atoms with Gasteiger partial charge >= 0.3 is 5.97 Å². The van der Waals surface area contributed by atoms with Gasteiger partial charge in [-0.25, -0.2) is 18.6 Å².